The normalized spacial score (nSPS) is 12.9. The summed E-state index contributed by atoms with van der Waals surface area (Å²) < 4.78 is 5.43. The van der Waals surface area contributed by atoms with Crippen LogP contribution < -0.4 is 0 Å². The van der Waals surface area contributed by atoms with Gasteiger partial charge in [-0.3, -0.25) is 0 Å². The molecule has 0 aliphatic carbocycles. The second-order valence-electron chi connectivity index (χ2n) is 4.48. The fraction of sp³-hybridized carbons (Fsp3) is 1.00. The lowest BCUT2D eigenvalue weighted by Crippen LogP contribution is -2.03. The van der Waals surface area contributed by atoms with Gasteiger partial charge in [-0.25, -0.2) is 0 Å². The Balaban J connectivity index is 2.98. The van der Waals surface area contributed by atoms with Crippen LogP contribution in [0.1, 0.15) is 78.1 Å². The Morgan fingerprint density at radius 1 is 0.812 bits per heavy atom. The van der Waals surface area contributed by atoms with Crippen molar-refractivity contribution >= 4 is 15.9 Å². The van der Waals surface area contributed by atoms with Crippen LogP contribution in [0.3, 0.4) is 0 Å². The van der Waals surface area contributed by atoms with E-state index in [4.69, 9.17) is 4.74 Å². The van der Waals surface area contributed by atoms with E-state index >= 15 is 0 Å². The fourth-order valence-electron chi connectivity index (χ4n) is 1.88. The highest BCUT2D eigenvalue weighted by Crippen LogP contribution is 2.14. The van der Waals surface area contributed by atoms with E-state index in [1.165, 1.54) is 57.8 Å². The zero-order chi connectivity index (χ0) is 12.1. The van der Waals surface area contributed by atoms with Gasteiger partial charge in [-0.1, -0.05) is 74.2 Å². The van der Waals surface area contributed by atoms with Crippen LogP contribution in [0.2, 0.25) is 0 Å². The summed E-state index contributed by atoms with van der Waals surface area (Å²) in [6.07, 6.45) is 13.7. The molecule has 0 aromatic heterocycles. The van der Waals surface area contributed by atoms with Gasteiger partial charge in [-0.05, 0) is 19.8 Å². The molecule has 0 aliphatic heterocycles. The van der Waals surface area contributed by atoms with Crippen LogP contribution in [-0.2, 0) is 4.74 Å². The maximum atomic E-state index is 5.43. The van der Waals surface area contributed by atoms with Crippen LogP contribution in [0.4, 0.5) is 0 Å². The minimum Gasteiger partial charge on any atom is -0.367 e. The molecular weight excluding hydrogens is 264 g/mol. The van der Waals surface area contributed by atoms with Crippen LogP contribution in [0.25, 0.3) is 0 Å². The Bertz CT molecular complexity index is 128. The number of unbranched alkanes of at least 4 members (excludes halogenated alkanes) is 8. The second kappa shape index (κ2) is 13.5. The summed E-state index contributed by atoms with van der Waals surface area (Å²) in [6, 6.07) is 0. The van der Waals surface area contributed by atoms with Gasteiger partial charge in [-0.15, -0.1) is 0 Å². The van der Waals surface area contributed by atoms with Gasteiger partial charge in [0.05, 0.1) is 0 Å². The van der Waals surface area contributed by atoms with Crippen molar-refractivity contribution in [3.63, 3.8) is 0 Å². The number of hydrogen-bond donors (Lipinski definition) is 0. The zero-order valence-corrected chi connectivity index (χ0v) is 12.7. The molecule has 2 heteroatoms. The maximum Gasteiger partial charge on any atom is 0.112 e. The number of ether oxygens (including phenoxy) is 1. The van der Waals surface area contributed by atoms with Gasteiger partial charge >= 0.3 is 0 Å². The van der Waals surface area contributed by atoms with Crippen molar-refractivity contribution in [1.82, 2.24) is 0 Å². The lowest BCUT2D eigenvalue weighted by atomic mass is 10.1. The highest BCUT2D eigenvalue weighted by Gasteiger charge is 2.01. The van der Waals surface area contributed by atoms with Crippen molar-refractivity contribution in [2.45, 2.75) is 83.1 Å². The molecule has 0 heterocycles. The second-order valence-corrected chi connectivity index (χ2v) is 5.50. The molecule has 0 aromatic carbocycles. The van der Waals surface area contributed by atoms with Crippen LogP contribution in [0, 0.1) is 0 Å². The monoisotopic (exact) mass is 292 g/mol. The topological polar surface area (TPSA) is 9.23 Å². The highest BCUT2D eigenvalue weighted by atomic mass is 79.9. The Kier molecular flexibility index (Phi) is 13.9. The molecule has 0 spiro atoms. The molecule has 0 bridgehead atoms. The SMILES string of the molecule is CCCCCCCCCCCC(Br)OCC. The lowest BCUT2D eigenvalue weighted by Gasteiger charge is -2.08. The Morgan fingerprint density at radius 2 is 1.31 bits per heavy atom. The van der Waals surface area contributed by atoms with Gasteiger partial charge in [-0.2, -0.15) is 0 Å². The average molecular weight is 293 g/mol. The molecule has 98 valence electrons. The maximum absolute atomic E-state index is 5.43. The third-order valence-electron chi connectivity index (χ3n) is 2.88. The molecule has 0 amide bonds. The summed E-state index contributed by atoms with van der Waals surface area (Å²) in [4.78, 5) is 0. The summed E-state index contributed by atoms with van der Waals surface area (Å²) in [7, 11) is 0. The molecule has 0 radical (unpaired) electrons. The Hall–Kier alpha value is 0.440. The van der Waals surface area contributed by atoms with E-state index in [1.54, 1.807) is 0 Å². The minimum absolute atomic E-state index is 0.280. The minimum atomic E-state index is 0.280. The number of rotatable bonds is 12. The van der Waals surface area contributed by atoms with E-state index in [9.17, 15) is 0 Å². The van der Waals surface area contributed by atoms with Crippen LogP contribution in [-0.4, -0.2) is 11.6 Å². The van der Waals surface area contributed by atoms with E-state index in [0.29, 0.717) is 0 Å². The van der Waals surface area contributed by atoms with Crippen molar-refractivity contribution < 1.29 is 4.74 Å². The quantitative estimate of drug-likeness (QED) is 0.333. The molecule has 0 aromatic rings. The van der Waals surface area contributed by atoms with Gasteiger partial charge in [0.25, 0.3) is 0 Å². The largest absolute Gasteiger partial charge is 0.367 e. The molecule has 16 heavy (non-hydrogen) atoms. The molecular formula is C14H29BrO. The first kappa shape index (κ1) is 16.4. The van der Waals surface area contributed by atoms with E-state index in [-0.39, 0.29) is 5.01 Å². The Morgan fingerprint density at radius 3 is 1.81 bits per heavy atom. The van der Waals surface area contributed by atoms with E-state index < -0.39 is 0 Å². The van der Waals surface area contributed by atoms with Gasteiger partial charge < -0.3 is 4.74 Å². The molecule has 0 N–H and O–H groups in total. The predicted octanol–water partition coefficient (Wildman–Crippen LogP) is 5.66. The first-order valence-electron chi connectivity index (χ1n) is 7.07. The van der Waals surface area contributed by atoms with Gasteiger partial charge in [0.1, 0.15) is 5.01 Å². The third-order valence-corrected chi connectivity index (χ3v) is 3.60. The van der Waals surface area contributed by atoms with Crippen molar-refractivity contribution in [3.05, 3.63) is 0 Å². The fourth-order valence-corrected chi connectivity index (χ4v) is 2.47. The molecule has 1 nitrogen and oxygen atoms in total. The molecule has 0 aliphatic rings. The van der Waals surface area contributed by atoms with E-state index in [2.05, 4.69) is 22.9 Å². The van der Waals surface area contributed by atoms with Gasteiger partial charge in [0.15, 0.2) is 0 Å². The molecule has 0 fully saturated rings. The number of halogens is 1. The number of alkyl halides is 1. The first-order valence-corrected chi connectivity index (χ1v) is 7.98. The van der Waals surface area contributed by atoms with Crippen molar-refractivity contribution in [2.75, 3.05) is 6.61 Å². The van der Waals surface area contributed by atoms with E-state index in [0.717, 1.165) is 13.0 Å². The summed E-state index contributed by atoms with van der Waals surface area (Å²) in [5, 5.41) is 0.280. The van der Waals surface area contributed by atoms with E-state index in [1.807, 2.05) is 6.92 Å². The smallest absolute Gasteiger partial charge is 0.112 e. The summed E-state index contributed by atoms with van der Waals surface area (Å²) in [5.74, 6) is 0. The lowest BCUT2D eigenvalue weighted by molar-refractivity contribution is 0.122. The van der Waals surface area contributed by atoms with Crippen LogP contribution in [0.5, 0.6) is 0 Å². The van der Waals surface area contributed by atoms with Crippen LogP contribution in [0.15, 0.2) is 0 Å². The third kappa shape index (κ3) is 12.5. The highest BCUT2D eigenvalue weighted by molar-refractivity contribution is 9.09. The van der Waals surface area contributed by atoms with Crippen molar-refractivity contribution in [2.24, 2.45) is 0 Å². The molecule has 0 saturated carbocycles. The van der Waals surface area contributed by atoms with Crippen molar-refractivity contribution in [1.29, 1.82) is 0 Å². The summed E-state index contributed by atoms with van der Waals surface area (Å²) in [6.45, 7) is 5.13. The predicted molar refractivity (Wildman–Crippen MR) is 76.2 cm³/mol. The molecule has 0 saturated heterocycles. The molecule has 1 atom stereocenters. The standard InChI is InChI=1S/C14H29BrO/c1-3-5-6-7-8-9-10-11-12-13-14(15)16-4-2/h14H,3-13H2,1-2H3. The summed E-state index contributed by atoms with van der Waals surface area (Å²) in [5.41, 5.74) is 0. The summed E-state index contributed by atoms with van der Waals surface area (Å²) >= 11 is 3.53. The van der Waals surface area contributed by atoms with Gasteiger partial charge in [0.2, 0.25) is 0 Å². The molecule has 1 unspecified atom stereocenters. The first-order chi connectivity index (χ1) is 7.81. The Labute approximate surface area is 110 Å². The number of hydrogen-bond acceptors (Lipinski definition) is 1. The van der Waals surface area contributed by atoms with Gasteiger partial charge in [0, 0.05) is 6.61 Å². The van der Waals surface area contributed by atoms with Crippen molar-refractivity contribution in [3.8, 4) is 0 Å². The average Bonchev–Trinajstić information content (AvgIpc) is 2.27. The van der Waals surface area contributed by atoms with Crippen LogP contribution >= 0.6 is 15.9 Å². The zero-order valence-electron chi connectivity index (χ0n) is 11.1. The molecule has 0 rings (SSSR count).